The summed E-state index contributed by atoms with van der Waals surface area (Å²) >= 11 is 2.14. The maximum atomic E-state index is 12.6. The van der Waals surface area contributed by atoms with Gasteiger partial charge in [-0.05, 0) is 61.0 Å². The molecule has 16 heteroatoms. The van der Waals surface area contributed by atoms with Gasteiger partial charge in [-0.2, -0.15) is 0 Å². The average Bonchev–Trinajstić information content (AvgIpc) is 3.59. The third-order valence-electron chi connectivity index (χ3n) is 5.48. The van der Waals surface area contributed by atoms with Gasteiger partial charge in [0.15, 0.2) is 23.0 Å². The number of aromatic nitrogens is 4. The minimum Gasteiger partial charge on any atom is -0.504 e. The maximum Gasteiger partial charge on any atom is 0.325 e. The Labute approximate surface area is 239 Å². The summed E-state index contributed by atoms with van der Waals surface area (Å²) in [5, 5.41) is 65.9. The van der Waals surface area contributed by atoms with Crippen LogP contribution in [0, 0.1) is 6.92 Å². The molecule has 3 aromatic carbocycles. The zero-order valence-corrected chi connectivity index (χ0v) is 22.5. The highest BCUT2D eigenvalue weighted by molar-refractivity contribution is 7.19. The van der Waals surface area contributed by atoms with Crippen molar-refractivity contribution in [2.24, 2.45) is 0 Å². The van der Waals surface area contributed by atoms with E-state index in [0.717, 1.165) is 28.2 Å². The molecule has 0 atom stereocenters. The SMILES string of the molecule is Cc1ccc(NC(=O)Nc2nnc(-c3ccc(O)c(O)c3)s2)cc1NC(=O)Nc1nnc(-c2ccc(O)c(O)c2)s1. The van der Waals surface area contributed by atoms with Crippen molar-refractivity contribution in [1.29, 1.82) is 0 Å². The monoisotopic (exact) mass is 592 g/mol. The molecular weight excluding hydrogens is 572 g/mol. The molecule has 2 aromatic heterocycles. The minimum atomic E-state index is -0.595. The number of hydrogen-bond donors (Lipinski definition) is 8. The average molecular weight is 593 g/mol. The second kappa shape index (κ2) is 11.3. The van der Waals surface area contributed by atoms with Gasteiger partial charge in [0.2, 0.25) is 10.3 Å². The molecule has 0 aliphatic heterocycles. The van der Waals surface area contributed by atoms with Crippen LogP contribution in [-0.2, 0) is 0 Å². The van der Waals surface area contributed by atoms with E-state index in [2.05, 4.69) is 41.7 Å². The summed E-state index contributed by atoms with van der Waals surface area (Å²) in [5.74, 6) is -1.12. The van der Waals surface area contributed by atoms with Gasteiger partial charge in [-0.25, -0.2) is 9.59 Å². The normalized spacial score (nSPS) is 10.7. The Bertz CT molecular complexity index is 1770. The number of amides is 4. The highest BCUT2D eigenvalue weighted by Crippen LogP contribution is 2.34. The topological polar surface area (TPSA) is 215 Å². The smallest absolute Gasteiger partial charge is 0.325 e. The van der Waals surface area contributed by atoms with Gasteiger partial charge in [0.25, 0.3) is 0 Å². The van der Waals surface area contributed by atoms with E-state index in [0.29, 0.717) is 32.5 Å². The van der Waals surface area contributed by atoms with Gasteiger partial charge in [-0.3, -0.25) is 10.6 Å². The van der Waals surface area contributed by atoms with Crippen LogP contribution in [0.1, 0.15) is 5.56 Å². The number of phenolic OH excluding ortho intramolecular Hbond substituents is 4. The number of benzene rings is 3. The lowest BCUT2D eigenvalue weighted by Crippen LogP contribution is -2.21. The number of hydrogen-bond acceptors (Lipinski definition) is 12. The second-order valence-corrected chi connectivity index (χ2v) is 10.4. The molecule has 0 bridgehead atoms. The number of rotatable bonds is 6. The summed E-state index contributed by atoms with van der Waals surface area (Å²) in [5.41, 5.74) is 2.59. The van der Waals surface area contributed by atoms with Crippen molar-refractivity contribution in [3.63, 3.8) is 0 Å². The van der Waals surface area contributed by atoms with Gasteiger partial charge < -0.3 is 31.1 Å². The molecule has 0 saturated carbocycles. The van der Waals surface area contributed by atoms with Crippen LogP contribution >= 0.6 is 22.7 Å². The number of aryl methyl sites for hydroxylation is 1. The molecular formula is C25H20N8O6S2. The first-order valence-electron chi connectivity index (χ1n) is 11.6. The molecule has 208 valence electrons. The van der Waals surface area contributed by atoms with Crippen molar-refractivity contribution < 1.29 is 30.0 Å². The Balaban J connectivity index is 1.19. The Morgan fingerprint density at radius 2 is 1.12 bits per heavy atom. The number of urea groups is 2. The highest BCUT2D eigenvalue weighted by Gasteiger charge is 2.14. The molecule has 0 spiro atoms. The molecule has 0 fully saturated rings. The quantitative estimate of drug-likeness (QED) is 0.121. The summed E-state index contributed by atoms with van der Waals surface area (Å²) in [7, 11) is 0. The van der Waals surface area contributed by atoms with Crippen molar-refractivity contribution in [1.82, 2.24) is 20.4 Å². The third kappa shape index (κ3) is 6.40. The standard InChI is InChI=1S/C25H20N8O6S2/c1-11-2-5-14(26-22(38)28-24-32-30-20(40-24)12-3-6-16(34)18(36)8-12)10-15(11)27-23(39)29-25-33-31-21(41-25)13-4-7-17(35)19(37)9-13/h2-10,34-37H,1H3,(H2,26,28,32,38)(H2,27,29,33,39). The van der Waals surface area contributed by atoms with E-state index in [1.54, 1.807) is 37.3 Å². The second-order valence-electron chi connectivity index (χ2n) is 8.42. The fourth-order valence-corrected chi connectivity index (χ4v) is 4.91. The largest absolute Gasteiger partial charge is 0.504 e. The number of carbonyl (C=O) groups is 2. The predicted molar refractivity (Wildman–Crippen MR) is 154 cm³/mol. The number of nitrogens with zero attached hydrogens (tertiary/aromatic N) is 4. The summed E-state index contributed by atoms with van der Waals surface area (Å²) in [6.07, 6.45) is 0. The van der Waals surface area contributed by atoms with Crippen LogP contribution in [0.15, 0.2) is 54.6 Å². The molecule has 0 aliphatic rings. The van der Waals surface area contributed by atoms with Crippen molar-refractivity contribution in [2.75, 3.05) is 21.3 Å². The first-order chi connectivity index (χ1) is 19.6. The van der Waals surface area contributed by atoms with E-state index in [4.69, 9.17) is 0 Å². The number of aromatic hydroxyl groups is 4. The Morgan fingerprint density at radius 1 is 0.610 bits per heavy atom. The van der Waals surface area contributed by atoms with Gasteiger partial charge in [-0.1, -0.05) is 28.7 Å². The summed E-state index contributed by atoms with van der Waals surface area (Å²) < 4.78 is 0. The Hall–Kier alpha value is -5.48. The van der Waals surface area contributed by atoms with Crippen LogP contribution in [0.4, 0.5) is 31.2 Å². The fraction of sp³-hybridized carbons (Fsp3) is 0.0400. The van der Waals surface area contributed by atoms with Crippen molar-refractivity contribution >= 4 is 56.4 Å². The fourth-order valence-electron chi connectivity index (χ4n) is 3.44. The van der Waals surface area contributed by atoms with Gasteiger partial charge in [-0.15, -0.1) is 20.4 Å². The van der Waals surface area contributed by atoms with E-state index >= 15 is 0 Å². The van der Waals surface area contributed by atoms with E-state index < -0.39 is 12.1 Å². The number of phenols is 4. The molecule has 8 N–H and O–H groups in total. The van der Waals surface area contributed by atoms with Crippen LogP contribution < -0.4 is 21.3 Å². The predicted octanol–water partition coefficient (Wildman–Crippen LogP) is 5.14. The lowest BCUT2D eigenvalue weighted by Gasteiger charge is -2.11. The van der Waals surface area contributed by atoms with E-state index in [1.807, 2.05) is 0 Å². The van der Waals surface area contributed by atoms with E-state index in [9.17, 15) is 30.0 Å². The Morgan fingerprint density at radius 3 is 1.63 bits per heavy atom. The van der Waals surface area contributed by atoms with E-state index in [1.165, 1.54) is 24.3 Å². The molecule has 41 heavy (non-hydrogen) atoms. The Kier molecular flexibility index (Phi) is 7.49. The number of anilines is 4. The molecule has 2 heterocycles. The van der Waals surface area contributed by atoms with E-state index in [-0.39, 0.29) is 33.3 Å². The molecule has 0 aliphatic carbocycles. The van der Waals surface area contributed by atoms with Crippen LogP contribution in [0.5, 0.6) is 23.0 Å². The van der Waals surface area contributed by atoms with Gasteiger partial charge in [0.1, 0.15) is 10.0 Å². The first kappa shape index (κ1) is 27.1. The first-order valence-corrected chi connectivity index (χ1v) is 13.3. The lowest BCUT2D eigenvalue weighted by molar-refractivity contribution is 0.261. The van der Waals surface area contributed by atoms with Crippen molar-refractivity contribution in [2.45, 2.75) is 6.92 Å². The molecule has 0 unspecified atom stereocenters. The van der Waals surface area contributed by atoms with Gasteiger partial charge >= 0.3 is 12.1 Å². The van der Waals surface area contributed by atoms with Crippen LogP contribution in [0.2, 0.25) is 0 Å². The van der Waals surface area contributed by atoms with Crippen LogP contribution in [-0.4, -0.2) is 52.9 Å². The number of nitrogens with one attached hydrogen (secondary N) is 4. The molecule has 4 amide bonds. The van der Waals surface area contributed by atoms with Gasteiger partial charge in [0.05, 0.1) is 0 Å². The lowest BCUT2D eigenvalue weighted by atomic mass is 10.2. The third-order valence-corrected chi connectivity index (χ3v) is 7.25. The molecule has 5 rings (SSSR count). The molecule has 0 radical (unpaired) electrons. The summed E-state index contributed by atoms with van der Waals surface area (Å²) in [6.45, 7) is 1.78. The molecule has 5 aromatic rings. The van der Waals surface area contributed by atoms with Crippen LogP contribution in [0.25, 0.3) is 21.1 Å². The van der Waals surface area contributed by atoms with Crippen LogP contribution in [0.3, 0.4) is 0 Å². The number of carbonyl (C=O) groups excluding carboxylic acids is 2. The van der Waals surface area contributed by atoms with Crippen molar-refractivity contribution in [3.8, 4) is 44.1 Å². The minimum absolute atomic E-state index is 0.203. The maximum absolute atomic E-state index is 12.6. The van der Waals surface area contributed by atoms with Gasteiger partial charge in [0, 0.05) is 22.5 Å². The summed E-state index contributed by atoms with van der Waals surface area (Å²) in [4.78, 5) is 25.2. The zero-order chi connectivity index (χ0) is 29.1. The zero-order valence-electron chi connectivity index (χ0n) is 20.9. The molecule has 14 nitrogen and oxygen atoms in total. The highest BCUT2D eigenvalue weighted by atomic mass is 32.1. The molecule has 0 saturated heterocycles. The van der Waals surface area contributed by atoms with Crippen molar-refractivity contribution in [3.05, 3.63) is 60.2 Å². The summed E-state index contributed by atoms with van der Waals surface area (Å²) in [6, 6.07) is 12.2.